The Labute approximate surface area is 191 Å². The fraction of sp³-hybridized carbons (Fsp3) is 0.815. The number of carbonyl (C=O) groups excluding carboxylic acids is 1. The Balaban J connectivity index is 1.35. The highest BCUT2D eigenvalue weighted by atomic mass is 16.7. The molecule has 11 unspecified atom stereocenters. The summed E-state index contributed by atoms with van der Waals surface area (Å²) in [6.45, 7) is 11.3. The molecule has 11 atom stereocenters. The Kier molecular flexibility index (Phi) is 4.56. The van der Waals surface area contributed by atoms with Gasteiger partial charge in [0.15, 0.2) is 11.6 Å². The van der Waals surface area contributed by atoms with Gasteiger partial charge in [0.1, 0.15) is 0 Å². The van der Waals surface area contributed by atoms with Gasteiger partial charge < -0.3 is 19.7 Å². The highest BCUT2D eigenvalue weighted by molar-refractivity contribution is 5.97. The molecule has 176 valence electrons. The summed E-state index contributed by atoms with van der Waals surface area (Å²) in [6, 6.07) is 0. The standard InChI is InChI=1S/C27H38O5/c1-14-7-8-27(31-13-14)15(2)24-22(32-27)10-19-17-6-5-16-9-20(28)21(29)12-25(16,3)18(17)11-23(30)26(19,24)4/h11,15-17,19-22,24,28-29H,1,5-10,12-13H2,2-4H3. The Morgan fingerprint density at radius 1 is 1.16 bits per heavy atom. The van der Waals surface area contributed by atoms with Crippen molar-refractivity contribution < 1.29 is 24.5 Å². The molecule has 6 aliphatic rings. The van der Waals surface area contributed by atoms with Crippen molar-refractivity contribution in [1.82, 2.24) is 0 Å². The maximum atomic E-state index is 13.9. The van der Waals surface area contributed by atoms with Crippen molar-refractivity contribution in [3.05, 3.63) is 23.8 Å². The van der Waals surface area contributed by atoms with Crippen molar-refractivity contribution in [2.45, 2.75) is 89.8 Å². The van der Waals surface area contributed by atoms with E-state index in [0.717, 1.165) is 37.7 Å². The first-order chi connectivity index (χ1) is 15.1. The maximum absolute atomic E-state index is 13.9. The average molecular weight is 443 g/mol. The minimum atomic E-state index is -0.705. The minimum absolute atomic E-state index is 0.0624. The van der Waals surface area contributed by atoms with Crippen molar-refractivity contribution in [1.29, 1.82) is 0 Å². The number of ether oxygens (including phenoxy) is 2. The molecular formula is C27H38O5. The number of rotatable bonds is 0. The third kappa shape index (κ3) is 2.57. The molecule has 0 aromatic heterocycles. The van der Waals surface area contributed by atoms with Gasteiger partial charge in [0.2, 0.25) is 0 Å². The molecule has 0 amide bonds. The molecule has 2 N–H and O–H groups in total. The van der Waals surface area contributed by atoms with Gasteiger partial charge in [0.25, 0.3) is 0 Å². The van der Waals surface area contributed by atoms with Crippen LogP contribution in [-0.2, 0) is 14.3 Å². The first kappa shape index (κ1) is 21.5. The van der Waals surface area contributed by atoms with E-state index >= 15 is 0 Å². The zero-order valence-corrected chi connectivity index (χ0v) is 19.7. The molecule has 3 saturated carbocycles. The summed E-state index contributed by atoms with van der Waals surface area (Å²) >= 11 is 0. The lowest BCUT2D eigenvalue weighted by Gasteiger charge is -2.57. The van der Waals surface area contributed by atoms with E-state index in [9.17, 15) is 15.0 Å². The fourth-order valence-electron chi connectivity index (χ4n) is 9.16. The summed E-state index contributed by atoms with van der Waals surface area (Å²) in [4.78, 5) is 13.9. The molecule has 1 spiro atoms. The second-order valence-corrected chi connectivity index (χ2v) is 12.3. The van der Waals surface area contributed by atoms with Crippen LogP contribution < -0.4 is 0 Å². The van der Waals surface area contributed by atoms with E-state index < -0.39 is 23.4 Å². The van der Waals surface area contributed by atoms with E-state index in [1.807, 2.05) is 6.08 Å². The third-order valence-electron chi connectivity index (χ3n) is 11.0. The molecule has 2 saturated heterocycles. The molecule has 32 heavy (non-hydrogen) atoms. The molecule has 5 nitrogen and oxygen atoms in total. The van der Waals surface area contributed by atoms with E-state index in [0.29, 0.717) is 31.3 Å². The molecule has 2 aliphatic heterocycles. The molecule has 6 rings (SSSR count). The number of ketones is 1. The lowest BCUT2D eigenvalue weighted by Crippen LogP contribution is -2.55. The van der Waals surface area contributed by atoms with Crippen LogP contribution in [-0.4, -0.2) is 46.7 Å². The Morgan fingerprint density at radius 2 is 1.94 bits per heavy atom. The average Bonchev–Trinajstić information content (AvgIpc) is 3.19. The van der Waals surface area contributed by atoms with Crippen LogP contribution in [0.2, 0.25) is 0 Å². The van der Waals surface area contributed by atoms with Crippen molar-refractivity contribution in [2.75, 3.05) is 6.61 Å². The van der Waals surface area contributed by atoms with E-state index in [1.54, 1.807) is 0 Å². The molecule has 2 heterocycles. The van der Waals surface area contributed by atoms with Crippen LogP contribution in [0.4, 0.5) is 0 Å². The Hall–Kier alpha value is -1.01. The number of aliphatic hydroxyl groups is 2. The Bertz CT molecular complexity index is 882. The highest BCUT2D eigenvalue weighted by Gasteiger charge is 2.70. The summed E-state index contributed by atoms with van der Waals surface area (Å²) in [6.07, 6.45) is 6.68. The van der Waals surface area contributed by atoms with Gasteiger partial charge in [-0.05, 0) is 67.8 Å². The van der Waals surface area contributed by atoms with Gasteiger partial charge in [-0.15, -0.1) is 0 Å². The van der Waals surface area contributed by atoms with Gasteiger partial charge in [-0.1, -0.05) is 38.5 Å². The molecule has 4 aliphatic carbocycles. The fourth-order valence-corrected chi connectivity index (χ4v) is 9.16. The largest absolute Gasteiger partial charge is 0.390 e. The van der Waals surface area contributed by atoms with E-state index in [-0.39, 0.29) is 35.1 Å². The van der Waals surface area contributed by atoms with Gasteiger partial charge in [-0.3, -0.25) is 4.79 Å². The van der Waals surface area contributed by atoms with Crippen molar-refractivity contribution in [3.63, 3.8) is 0 Å². The lowest BCUT2D eigenvalue weighted by molar-refractivity contribution is -0.254. The summed E-state index contributed by atoms with van der Waals surface area (Å²) < 4.78 is 13.0. The second-order valence-electron chi connectivity index (χ2n) is 12.3. The van der Waals surface area contributed by atoms with Crippen molar-refractivity contribution in [2.24, 2.45) is 40.4 Å². The van der Waals surface area contributed by atoms with Gasteiger partial charge in [0.05, 0.1) is 24.9 Å². The topological polar surface area (TPSA) is 76.0 Å². The summed E-state index contributed by atoms with van der Waals surface area (Å²) in [5.74, 6) is 1.01. The van der Waals surface area contributed by atoms with Crippen molar-refractivity contribution >= 4 is 5.78 Å². The van der Waals surface area contributed by atoms with Crippen LogP contribution in [0.15, 0.2) is 23.8 Å². The molecule has 5 fully saturated rings. The van der Waals surface area contributed by atoms with Crippen LogP contribution in [0, 0.1) is 40.4 Å². The van der Waals surface area contributed by atoms with E-state index in [4.69, 9.17) is 9.47 Å². The maximum Gasteiger partial charge on any atom is 0.172 e. The van der Waals surface area contributed by atoms with E-state index in [2.05, 4.69) is 27.4 Å². The van der Waals surface area contributed by atoms with Crippen LogP contribution in [0.3, 0.4) is 0 Å². The normalized spacial score (nSPS) is 57.0. The first-order valence-corrected chi connectivity index (χ1v) is 12.7. The second kappa shape index (κ2) is 6.78. The van der Waals surface area contributed by atoms with Crippen LogP contribution in [0.25, 0.3) is 0 Å². The number of hydrogen-bond acceptors (Lipinski definition) is 5. The summed E-state index contributed by atoms with van der Waals surface area (Å²) in [5, 5.41) is 20.8. The summed E-state index contributed by atoms with van der Waals surface area (Å²) in [5.41, 5.74) is 1.75. The van der Waals surface area contributed by atoms with Gasteiger partial charge in [-0.2, -0.15) is 0 Å². The minimum Gasteiger partial charge on any atom is -0.390 e. The van der Waals surface area contributed by atoms with Gasteiger partial charge >= 0.3 is 0 Å². The summed E-state index contributed by atoms with van der Waals surface area (Å²) in [7, 11) is 0. The highest BCUT2D eigenvalue weighted by Crippen LogP contribution is 2.69. The number of hydrogen-bond donors (Lipinski definition) is 2. The number of aliphatic hydroxyl groups excluding tert-OH is 2. The number of allylic oxidation sites excluding steroid dienone is 2. The molecular weight excluding hydrogens is 404 g/mol. The van der Waals surface area contributed by atoms with E-state index in [1.165, 1.54) is 5.57 Å². The molecule has 0 radical (unpaired) electrons. The van der Waals surface area contributed by atoms with Crippen molar-refractivity contribution in [3.8, 4) is 0 Å². The van der Waals surface area contributed by atoms with Gasteiger partial charge in [-0.25, -0.2) is 0 Å². The van der Waals surface area contributed by atoms with Crippen LogP contribution in [0.1, 0.15) is 65.7 Å². The SMILES string of the molecule is C=C1CCC2(OC1)OC1CC3C4CCC5CC(O)C(O)CC5(C)C4=CC(=O)C3(C)C1C2C. The number of fused-ring (bicyclic) bond motifs is 7. The first-order valence-electron chi connectivity index (χ1n) is 12.7. The molecule has 0 aromatic rings. The quantitative estimate of drug-likeness (QED) is 0.559. The predicted octanol–water partition coefficient (Wildman–Crippen LogP) is 3.78. The zero-order valence-electron chi connectivity index (χ0n) is 19.7. The molecule has 0 bridgehead atoms. The third-order valence-corrected chi connectivity index (χ3v) is 11.0. The number of carbonyl (C=O) groups is 1. The van der Waals surface area contributed by atoms with Crippen LogP contribution in [0.5, 0.6) is 0 Å². The van der Waals surface area contributed by atoms with Crippen LogP contribution >= 0.6 is 0 Å². The monoisotopic (exact) mass is 442 g/mol. The lowest BCUT2D eigenvalue weighted by atomic mass is 9.47. The predicted molar refractivity (Wildman–Crippen MR) is 119 cm³/mol. The Morgan fingerprint density at radius 3 is 2.66 bits per heavy atom. The smallest absolute Gasteiger partial charge is 0.172 e. The molecule has 0 aromatic carbocycles. The van der Waals surface area contributed by atoms with Gasteiger partial charge in [0, 0.05) is 23.7 Å². The molecule has 5 heteroatoms. The zero-order chi connectivity index (χ0) is 22.6.